The maximum atomic E-state index is 12.8. The van der Waals surface area contributed by atoms with Crippen molar-refractivity contribution in [2.24, 2.45) is 0 Å². The maximum Gasteiger partial charge on any atom is 0.306 e. The molecule has 0 aromatic carbocycles. The fourth-order valence-corrected chi connectivity index (χ4v) is 7.91. The van der Waals surface area contributed by atoms with Gasteiger partial charge >= 0.3 is 17.9 Å². The number of rotatable bonds is 51. The zero-order valence-corrected chi connectivity index (χ0v) is 44.2. The third-order valence-corrected chi connectivity index (χ3v) is 12.2. The average molecular weight is 936 g/mol. The van der Waals surface area contributed by atoms with E-state index in [1.54, 1.807) is 0 Å². The van der Waals surface area contributed by atoms with Gasteiger partial charge in [-0.25, -0.2) is 0 Å². The molecule has 0 N–H and O–H groups in total. The second-order valence-corrected chi connectivity index (χ2v) is 18.8. The number of ether oxygens (including phenoxy) is 3. The van der Waals surface area contributed by atoms with E-state index in [4.69, 9.17) is 14.2 Å². The number of hydrogen-bond donors (Lipinski definition) is 0. The molecular weight excluding hydrogens is 829 g/mol. The molecule has 0 rings (SSSR count). The Morgan fingerprint density at radius 3 is 1.04 bits per heavy atom. The van der Waals surface area contributed by atoms with Gasteiger partial charge in [-0.05, 0) is 103 Å². The van der Waals surface area contributed by atoms with Crippen molar-refractivity contribution < 1.29 is 28.6 Å². The molecule has 0 aliphatic heterocycles. The van der Waals surface area contributed by atoms with Gasteiger partial charge in [0.25, 0.3) is 0 Å². The summed E-state index contributed by atoms with van der Waals surface area (Å²) in [5.74, 6) is -0.915. The van der Waals surface area contributed by atoms with Crippen molar-refractivity contribution in [1.82, 2.24) is 0 Å². The summed E-state index contributed by atoms with van der Waals surface area (Å²) in [5.41, 5.74) is 0. The minimum Gasteiger partial charge on any atom is -0.462 e. The molecule has 0 saturated heterocycles. The summed E-state index contributed by atoms with van der Waals surface area (Å²) < 4.78 is 16.8. The molecule has 67 heavy (non-hydrogen) atoms. The lowest BCUT2D eigenvalue weighted by Gasteiger charge is -2.18. The summed E-state index contributed by atoms with van der Waals surface area (Å²) in [5, 5.41) is 0. The van der Waals surface area contributed by atoms with Gasteiger partial charge in [0.05, 0.1) is 0 Å². The predicted molar refractivity (Wildman–Crippen MR) is 288 cm³/mol. The fourth-order valence-electron chi connectivity index (χ4n) is 7.91. The smallest absolute Gasteiger partial charge is 0.306 e. The third-order valence-electron chi connectivity index (χ3n) is 12.2. The van der Waals surface area contributed by atoms with Crippen LogP contribution in [0.3, 0.4) is 0 Å². The van der Waals surface area contributed by atoms with Crippen molar-refractivity contribution in [3.8, 4) is 0 Å². The van der Waals surface area contributed by atoms with E-state index in [0.29, 0.717) is 19.3 Å². The Morgan fingerprint density at radius 2 is 0.627 bits per heavy atom. The first-order valence-corrected chi connectivity index (χ1v) is 28.5. The highest BCUT2D eigenvalue weighted by atomic mass is 16.6. The Morgan fingerprint density at radius 1 is 0.328 bits per heavy atom. The van der Waals surface area contributed by atoms with Crippen LogP contribution in [-0.2, 0) is 28.6 Å². The molecule has 0 heterocycles. The number of carbonyl (C=O) groups excluding carboxylic acids is 3. The van der Waals surface area contributed by atoms with Crippen LogP contribution in [0.25, 0.3) is 0 Å². The van der Waals surface area contributed by atoms with E-state index in [0.717, 1.165) is 103 Å². The molecule has 6 nitrogen and oxygen atoms in total. The van der Waals surface area contributed by atoms with Gasteiger partial charge in [0, 0.05) is 19.3 Å². The molecule has 0 aromatic heterocycles. The molecule has 6 heteroatoms. The van der Waals surface area contributed by atoms with Gasteiger partial charge in [-0.15, -0.1) is 0 Å². The lowest BCUT2D eigenvalue weighted by Crippen LogP contribution is -2.30. The molecule has 0 spiro atoms. The van der Waals surface area contributed by atoms with Gasteiger partial charge in [-0.1, -0.05) is 229 Å². The van der Waals surface area contributed by atoms with Gasteiger partial charge in [-0.3, -0.25) is 14.4 Å². The molecule has 0 amide bonds. The van der Waals surface area contributed by atoms with Crippen LogP contribution in [0.1, 0.15) is 278 Å². The molecule has 0 aliphatic carbocycles. The topological polar surface area (TPSA) is 78.9 Å². The first-order chi connectivity index (χ1) is 33.0. The number of esters is 3. The van der Waals surface area contributed by atoms with Crippen LogP contribution in [0.2, 0.25) is 0 Å². The molecular formula is C61H106O6. The second-order valence-electron chi connectivity index (χ2n) is 18.8. The van der Waals surface area contributed by atoms with Gasteiger partial charge in [0.1, 0.15) is 13.2 Å². The van der Waals surface area contributed by atoms with E-state index in [1.807, 2.05) is 0 Å². The summed E-state index contributed by atoms with van der Waals surface area (Å²) in [7, 11) is 0. The van der Waals surface area contributed by atoms with Crippen molar-refractivity contribution in [2.45, 2.75) is 284 Å². The van der Waals surface area contributed by atoms with Crippen LogP contribution in [-0.4, -0.2) is 37.2 Å². The standard InChI is InChI=1S/C61H106O6/c1-4-7-10-13-16-19-22-25-28-30-31-32-34-36-39-42-45-48-51-54-60(63)66-57-58(56-65-59(62)53-50-47-44-41-38-35-27-24-21-18-15-12-9-6-3)67-61(64)55-52-49-46-43-40-37-33-29-26-23-20-17-14-11-8-5-2/h9,12,16,18-19,21-22,25,27,29,33,35,58H,4-8,10-11,13-15,17,20,23-24,26,28,30-32,34,36-57H2,1-3H3/b12-9-,19-16-,21-18-,25-22-,33-29-,35-27-. The Balaban J connectivity index is 4.40. The molecule has 386 valence electrons. The monoisotopic (exact) mass is 935 g/mol. The van der Waals surface area contributed by atoms with Crippen LogP contribution in [0.5, 0.6) is 0 Å². The maximum absolute atomic E-state index is 12.8. The molecule has 0 saturated carbocycles. The number of hydrogen-bond acceptors (Lipinski definition) is 6. The fraction of sp³-hybridized carbons (Fsp3) is 0.754. The van der Waals surface area contributed by atoms with Gasteiger partial charge < -0.3 is 14.2 Å². The molecule has 0 fully saturated rings. The zero-order valence-electron chi connectivity index (χ0n) is 44.2. The Bertz CT molecular complexity index is 1260. The molecule has 1 unspecified atom stereocenters. The van der Waals surface area contributed by atoms with Crippen LogP contribution in [0, 0.1) is 0 Å². The van der Waals surface area contributed by atoms with Gasteiger partial charge in [-0.2, -0.15) is 0 Å². The predicted octanol–water partition coefficient (Wildman–Crippen LogP) is 19.0. The lowest BCUT2D eigenvalue weighted by atomic mass is 10.1. The van der Waals surface area contributed by atoms with Crippen LogP contribution >= 0.6 is 0 Å². The van der Waals surface area contributed by atoms with Crippen molar-refractivity contribution in [3.05, 3.63) is 72.9 Å². The highest BCUT2D eigenvalue weighted by Crippen LogP contribution is 2.15. The zero-order chi connectivity index (χ0) is 48.6. The quantitative estimate of drug-likeness (QED) is 0.0199. The van der Waals surface area contributed by atoms with Crippen LogP contribution in [0.15, 0.2) is 72.9 Å². The normalized spacial score (nSPS) is 12.6. The van der Waals surface area contributed by atoms with E-state index in [-0.39, 0.29) is 31.1 Å². The minimum atomic E-state index is -0.790. The number of carbonyl (C=O) groups is 3. The van der Waals surface area contributed by atoms with E-state index in [1.165, 1.54) is 135 Å². The second kappa shape index (κ2) is 55.4. The SMILES string of the molecule is CC/C=C\C/C=C\C/C=C\CCCCCCC(=O)OCC(COC(=O)CCCCCCCCCCCC/C=C\C=C/CCCCC)OC(=O)CCCCCCC/C=C\CCCCCCCCC. The van der Waals surface area contributed by atoms with Crippen LogP contribution in [0.4, 0.5) is 0 Å². The highest BCUT2D eigenvalue weighted by Gasteiger charge is 2.19. The number of unbranched alkanes of at least 4 members (excludes halogenated alkanes) is 29. The number of allylic oxidation sites excluding steroid dienone is 12. The summed E-state index contributed by atoms with van der Waals surface area (Å²) in [6.07, 6.45) is 70.3. The Hall–Kier alpha value is -3.15. The van der Waals surface area contributed by atoms with E-state index in [9.17, 15) is 14.4 Å². The van der Waals surface area contributed by atoms with E-state index >= 15 is 0 Å². The molecule has 0 aliphatic rings. The molecule has 0 radical (unpaired) electrons. The van der Waals surface area contributed by atoms with Crippen molar-refractivity contribution >= 4 is 17.9 Å². The van der Waals surface area contributed by atoms with Crippen molar-refractivity contribution in [1.29, 1.82) is 0 Å². The summed E-state index contributed by atoms with van der Waals surface area (Å²) in [4.78, 5) is 38.1. The van der Waals surface area contributed by atoms with Crippen molar-refractivity contribution in [3.63, 3.8) is 0 Å². The molecule has 1 atom stereocenters. The third kappa shape index (κ3) is 53.7. The molecule has 0 aromatic rings. The summed E-state index contributed by atoms with van der Waals surface area (Å²) in [6.45, 7) is 6.48. The van der Waals surface area contributed by atoms with E-state index in [2.05, 4.69) is 93.7 Å². The molecule has 0 bridgehead atoms. The van der Waals surface area contributed by atoms with Gasteiger partial charge in [0.2, 0.25) is 0 Å². The highest BCUT2D eigenvalue weighted by molar-refractivity contribution is 5.71. The first kappa shape index (κ1) is 63.8. The Kier molecular flexibility index (Phi) is 52.8. The largest absolute Gasteiger partial charge is 0.462 e. The average Bonchev–Trinajstić information content (AvgIpc) is 3.33. The van der Waals surface area contributed by atoms with E-state index < -0.39 is 6.10 Å². The van der Waals surface area contributed by atoms with Crippen LogP contribution < -0.4 is 0 Å². The van der Waals surface area contributed by atoms with Gasteiger partial charge in [0.15, 0.2) is 6.10 Å². The minimum absolute atomic E-state index is 0.0873. The summed E-state index contributed by atoms with van der Waals surface area (Å²) >= 11 is 0. The Labute approximate surface area is 414 Å². The lowest BCUT2D eigenvalue weighted by molar-refractivity contribution is -0.167. The van der Waals surface area contributed by atoms with Crippen molar-refractivity contribution in [2.75, 3.05) is 13.2 Å². The summed E-state index contributed by atoms with van der Waals surface area (Å²) in [6, 6.07) is 0. The first-order valence-electron chi connectivity index (χ1n) is 28.5.